The Bertz CT molecular complexity index is 880. The quantitative estimate of drug-likeness (QED) is 0.743. The number of nitrogens with zero attached hydrogens (tertiary/aromatic N) is 2. The summed E-state index contributed by atoms with van der Waals surface area (Å²) in [6.07, 6.45) is -4.55. The fourth-order valence-corrected chi connectivity index (χ4v) is 4.25. The van der Waals surface area contributed by atoms with E-state index in [2.05, 4.69) is 11.1 Å². The second-order valence-electron chi connectivity index (χ2n) is 6.42. The van der Waals surface area contributed by atoms with Crippen LogP contribution in [0.5, 0.6) is 0 Å². The number of rotatable bonds is 5. The molecule has 3 N–H and O–H groups in total. The van der Waals surface area contributed by atoms with E-state index in [9.17, 15) is 23.7 Å². The zero-order chi connectivity index (χ0) is 20.1. The summed E-state index contributed by atoms with van der Waals surface area (Å²) in [6, 6.07) is 8.70. The molecule has 0 aromatic heterocycles. The van der Waals surface area contributed by atoms with Crippen LogP contribution in [0, 0.1) is 33.5 Å². The highest BCUT2D eigenvalue weighted by atomic mass is 19.4. The van der Waals surface area contributed by atoms with Gasteiger partial charge in [-0.2, -0.15) is 23.7 Å². The molecule has 0 amide bonds. The van der Waals surface area contributed by atoms with Crippen molar-refractivity contribution in [3.8, 4) is 12.1 Å². The van der Waals surface area contributed by atoms with Gasteiger partial charge in [0.05, 0.1) is 30.9 Å². The first kappa shape index (κ1) is 19.2. The Hall–Kier alpha value is -2.62. The molecule has 1 aliphatic carbocycles. The van der Waals surface area contributed by atoms with Crippen molar-refractivity contribution in [1.82, 2.24) is 0 Å². The van der Waals surface area contributed by atoms with E-state index in [4.69, 9.17) is 15.2 Å². The fraction of sp³-hybridized carbons (Fsp3) is 0.500. The largest absolute Gasteiger partial charge is 0.416 e. The lowest BCUT2D eigenvalue weighted by molar-refractivity contribution is -0.693. The van der Waals surface area contributed by atoms with Crippen LogP contribution in [0.15, 0.2) is 24.3 Å². The van der Waals surface area contributed by atoms with Gasteiger partial charge in [0.1, 0.15) is 0 Å². The van der Waals surface area contributed by atoms with Crippen molar-refractivity contribution < 1.29 is 27.6 Å². The van der Waals surface area contributed by atoms with E-state index in [-0.39, 0.29) is 24.6 Å². The third-order valence-electron chi connectivity index (χ3n) is 5.24. The summed E-state index contributed by atoms with van der Waals surface area (Å²) in [5.74, 6) is -2.69. The van der Waals surface area contributed by atoms with Crippen LogP contribution in [0.4, 0.5) is 13.2 Å². The molecular weight excluding hydrogens is 361 g/mol. The number of nitriles is 2. The number of nitrogens with two attached hydrogens (primary N) is 1. The van der Waals surface area contributed by atoms with Crippen molar-refractivity contribution >= 4 is 5.84 Å². The van der Waals surface area contributed by atoms with Gasteiger partial charge in [0.2, 0.25) is 0 Å². The van der Waals surface area contributed by atoms with Gasteiger partial charge >= 0.3 is 12.1 Å². The van der Waals surface area contributed by atoms with Crippen molar-refractivity contribution in [2.24, 2.45) is 16.6 Å². The van der Waals surface area contributed by atoms with E-state index in [1.165, 1.54) is 12.1 Å². The zero-order valence-electron chi connectivity index (χ0n) is 14.7. The van der Waals surface area contributed by atoms with Crippen LogP contribution in [0.25, 0.3) is 0 Å². The maximum absolute atomic E-state index is 13.1. The first-order chi connectivity index (χ1) is 12.7. The predicted octanol–water partition coefficient (Wildman–Crippen LogP) is 1.00. The van der Waals surface area contributed by atoms with Gasteiger partial charge in [0.25, 0.3) is 5.84 Å². The third-order valence-corrected chi connectivity index (χ3v) is 5.24. The van der Waals surface area contributed by atoms with Crippen LogP contribution >= 0.6 is 0 Å². The first-order valence-corrected chi connectivity index (χ1v) is 8.39. The van der Waals surface area contributed by atoms with Gasteiger partial charge in [-0.3, -0.25) is 5.73 Å². The Morgan fingerprint density at radius 1 is 1.19 bits per heavy atom. The molecule has 2 aliphatic rings. The van der Waals surface area contributed by atoms with Gasteiger partial charge in [0.15, 0.2) is 10.8 Å². The van der Waals surface area contributed by atoms with Gasteiger partial charge in [-0.25, -0.2) is 4.99 Å². The Labute approximate surface area is 154 Å². The van der Waals surface area contributed by atoms with E-state index >= 15 is 0 Å². The molecule has 1 heterocycles. The summed E-state index contributed by atoms with van der Waals surface area (Å²) < 4.78 is 50.8. The Morgan fingerprint density at radius 3 is 2.30 bits per heavy atom. The summed E-state index contributed by atoms with van der Waals surface area (Å²) in [5, 5.41) is 19.9. The van der Waals surface area contributed by atoms with Gasteiger partial charge in [0, 0.05) is 5.92 Å². The lowest BCUT2D eigenvalue weighted by atomic mass is 9.93. The summed E-state index contributed by atoms with van der Waals surface area (Å²) in [4.78, 5) is 2.78. The number of benzene rings is 1. The molecule has 0 unspecified atom stereocenters. The van der Waals surface area contributed by atoms with Gasteiger partial charge in [-0.15, -0.1) is 0 Å². The molecule has 142 valence electrons. The number of hydrogen-bond donors (Lipinski definition) is 2. The minimum absolute atomic E-state index is 0.0455. The van der Waals surface area contributed by atoms with E-state index in [1.807, 2.05) is 6.07 Å². The van der Waals surface area contributed by atoms with Crippen LogP contribution < -0.4 is 10.7 Å². The van der Waals surface area contributed by atoms with Crippen LogP contribution in [0.1, 0.15) is 30.9 Å². The summed E-state index contributed by atoms with van der Waals surface area (Å²) >= 11 is 0. The van der Waals surface area contributed by atoms with E-state index in [0.717, 1.165) is 12.1 Å². The molecule has 0 spiro atoms. The Balaban J connectivity index is 2.21. The standard InChI is InChI=1S/C18H17F3N4O2/c1-3-26-18(27-4-2)16(10-23)13(15(16,9-22)14(24)25-18)11-6-5-7-12(8-11)17(19,20)21/h5-8,13H,3-4H2,1-2H3,(H2,24,25)/p+1/t13-,15+,16+/m0/s1. The molecule has 1 aliphatic heterocycles. The van der Waals surface area contributed by atoms with Crippen LogP contribution in [-0.4, -0.2) is 25.0 Å². The molecule has 0 saturated heterocycles. The molecule has 3 atom stereocenters. The number of fused-ring (bicyclic) bond motifs is 1. The number of amidine groups is 1. The first-order valence-electron chi connectivity index (χ1n) is 8.39. The second-order valence-corrected chi connectivity index (χ2v) is 6.42. The van der Waals surface area contributed by atoms with Crippen LogP contribution in [-0.2, 0) is 15.7 Å². The molecule has 1 fully saturated rings. The smallest absolute Gasteiger partial charge is 0.314 e. The van der Waals surface area contributed by atoms with Gasteiger partial charge in [-0.1, -0.05) is 18.2 Å². The highest BCUT2D eigenvalue weighted by molar-refractivity contribution is 5.95. The Kier molecular flexibility index (Phi) is 4.22. The molecule has 1 saturated carbocycles. The normalized spacial score (nSPS) is 30.8. The van der Waals surface area contributed by atoms with Crippen molar-refractivity contribution in [2.75, 3.05) is 13.2 Å². The van der Waals surface area contributed by atoms with Gasteiger partial charge < -0.3 is 9.47 Å². The summed E-state index contributed by atoms with van der Waals surface area (Å²) in [6.45, 7) is 3.64. The molecular formula is C18H18F3N4O2+. The molecule has 6 nitrogen and oxygen atoms in total. The number of alkyl halides is 3. The Morgan fingerprint density at radius 2 is 1.81 bits per heavy atom. The fourth-order valence-electron chi connectivity index (χ4n) is 4.25. The summed E-state index contributed by atoms with van der Waals surface area (Å²) in [5.41, 5.74) is 2.21. The third kappa shape index (κ3) is 2.16. The SMILES string of the molecule is CCOC1(OCC)[NH+]=C(N)[C@@]2(C#N)[C@H](c3cccc(C(F)(F)F)c3)[C@@]12C#N. The highest BCUT2D eigenvalue weighted by Crippen LogP contribution is 2.78. The number of nitrogens with one attached hydrogen (secondary N) is 1. The molecule has 0 bridgehead atoms. The van der Waals surface area contributed by atoms with E-state index < -0.39 is 34.4 Å². The number of ether oxygens (including phenoxy) is 2. The summed E-state index contributed by atoms with van der Waals surface area (Å²) in [7, 11) is 0. The molecule has 3 rings (SSSR count). The minimum Gasteiger partial charge on any atom is -0.314 e. The monoisotopic (exact) mass is 379 g/mol. The lowest BCUT2D eigenvalue weighted by Crippen LogP contribution is -2.91. The molecule has 1 aromatic carbocycles. The average Bonchev–Trinajstić information content (AvgIpc) is 3.20. The second kappa shape index (κ2) is 5.95. The highest BCUT2D eigenvalue weighted by Gasteiger charge is 2.97. The maximum Gasteiger partial charge on any atom is 0.416 e. The van der Waals surface area contributed by atoms with Gasteiger partial charge in [-0.05, 0) is 25.5 Å². The lowest BCUT2D eigenvalue weighted by Gasteiger charge is -2.29. The van der Waals surface area contributed by atoms with E-state index in [1.54, 1.807) is 13.8 Å². The molecule has 27 heavy (non-hydrogen) atoms. The average molecular weight is 379 g/mol. The van der Waals surface area contributed by atoms with Crippen molar-refractivity contribution in [1.29, 1.82) is 10.5 Å². The van der Waals surface area contributed by atoms with Crippen molar-refractivity contribution in [2.45, 2.75) is 31.9 Å². The molecule has 0 radical (unpaired) electrons. The minimum atomic E-state index is -4.55. The topological polar surface area (TPSA) is 106 Å². The molecule has 1 aromatic rings. The number of hydrogen-bond acceptors (Lipinski definition) is 5. The number of halogens is 3. The van der Waals surface area contributed by atoms with E-state index in [0.29, 0.717) is 0 Å². The zero-order valence-corrected chi connectivity index (χ0v) is 14.7. The van der Waals surface area contributed by atoms with Crippen molar-refractivity contribution in [3.05, 3.63) is 35.4 Å². The van der Waals surface area contributed by atoms with Crippen molar-refractivity contribution in [3.63, 3.8) is 0 Å². The predicted molar refractivity (Wildman–Crippen MR) is 86.4 cm³/mol. The molecule has 9 heteroatoms. The van der Waals surface area contributed by atoms with Crippen LogP contribution in [0.3, 0.4) is 0 Å². The maximum atomic E-state index is 13.1. The van der Waals surface area contributed by atoms with Crippen LogP contribution in [0.2, 0.25) is 0 Å².